The van der Waals surface area contributed by atoms with Gasteiger partial charge >= 0.3 is 6.09 Å². The summed E-state index contributed by atoms with van der Waals surface area (Å²) in [5.74, 6) is 0.769. The fourth-order valence-corrected chi connectivity index (χ4v) is 5.86. The number of hydrogen-bond acceptors (Lipinski definition) is 9. The number of nitrogens with zero attached hydrogens (tertiary/aromatic N) is 4. The van der Waals surface area contributed by atoms with E-state index in [0.717, 1.165) is 17.1 Å². The number of anilines is 1. The standard InChI is InChI=1S/C25H26ClN5O5S2/c1-25(2,3)36-24(32)31-10-8-16(9-11-31)20-13-18(26)4-6-22(20)35-21-7-5-19(12-17(21)14-27)38(33,34)30-23-28-15-29-37-23/h4-7,12-13,15-16H,8-11H2,1-3H3,(H,28,29,30). The Balaban J connectivity index is 1.53. The monoisotopic (exact) mass is 575 g/mol. The molecule has 0 radical (unpaired) electrons. The van der Waals surface area contributed by atoms with Crippen LogP contribution in [0.2, 0.25) is 5.02 Å². The van der Waals surface area contributed by atoms with E-state index in [0.29, 0.717) is 36.7 Å². The largest absolute Gasteiger partial charge is 0.456 e. The number of carbonyl (C=O) groups is 1. The lowest BCUT2D eigenvalue weighted by Crippen LogP contribution is -2.41. The molecule has 0 atom stereocenters. The van der Waals surface area contributed by atoms with Gasteiger partial charge in [-0.2, -0.15) is 9.64 Å². The van der Waals surface area contributed by atoms with Crippen LogP contribution in [0.15, 0.2) is 47.6 Å². The van der Waals surface area contributed by atoms with Gasteiger partial charge in [-0.1, -0.05) is 11.6 Å². The number of hydrogen-bond donors (Lipinski definition) is 1. The summed E-state index contributed by atoms with van der Waals surface area (Å²) < 4.78 is 43.1. The van der Waals surface area contributed by atoms with Gasteiger partial charge in [0.05, 0.1) is 10.5 Å². The first-order valence-electron chi connectivity index (χ1n) is 11.7. The van der Waals surface area contributed by atoms with Crippen molar-refractivity contribution in [2.45, 2.75) is 50.0 Å². The highest BCUT2D eigenvalue weighted by Gasteiger charge is 2.29. The quantitative estimate of drug-likeness (QED) is 0.391. The maximum atomic E-state index is 12.7. The average molecular weight is 576 g/mol. The molecule has 0 aliphatic carbocycles. The Morgan fingerprint density at radius 1 is 1.18 bits per heavy atom. The predicted molar refractivity (Wildman–Crippen MR) is 143 cm³/mol. The van der Waals surface area contributed by atoms with Crippen molar-refractivity contribution in [2.75, 3.05) is 17.8 Å². The zero-order valence-corrected chi connectivity index (χ0v) is 23.4. The second-order valence-electron chi connectivity index (χ2n) is 9.65. The number of sulfonamides is 1. The number of nitriles is 1. The van der Waals surface area contributed by atoms with Crippen molar-refractivity contribution in [3.63, 3.8) is 0 Å². The number of ether oxygens (including phenoxy) is 2. The summed E-state index contributed by atoms with van der Waals surface area (Å²) in [6.07, 6.45) is 2.25. The highest BCUT2D eigenvalue weighted by Crippen LogP contribution is 2.39. The summed E-state index contributed by atoms with van der Waals surface area (Å²) in [5.41, 5.74) is 0.328. The van der Waals surface area contributed by atoms with Gasteiger partial charge in [0.15, 0.2) is 0 Å². The van der Waals surface area contributed by atoms with E-state index in [-0.39, 0.29) is 33.4 Å². The van der Waals surface area contributed by atoms with E-state index in [9.17, 15) is 18.5 Å². The normalized spacial score (nSPS) is 14.6. The number of rotatable bonds is 6. The molecule has 1 aliphatic heterocycles. The summed E-state index contributed by atoms with van der Waals surface area (Å²) in [5, 5.41) is 10.4. The van der Waals surface area contributed by atoms with Gasteiger partial charge in [-0.05, 0) is 81.5 Å². The minimum atomic E-state index is -3.97. The van der Waals surface area contributed by atoms with Crippen LogP contribution >= 0.6 is 23.1 Å². The van der Waals surface area contributed by atoms with Gasteiger partial charge in [-0.3, -0.25) is 4.72 Å². The second kappa shape index (κ2) is 11.1. The Bertz CT molecular complexity index is 1460. The minimum Gasteiger partial charge on any atom is -0.456 e. The number of carbonyl (C=O) groups excluding carboxylic acids is 1. The van der Waals surface area contributed by atoms with Gasteiger partial charge in [0, 0.05) is 29.6 Å². The number of piperidine rings is 1. The number of aromatic nitrogens is 2. The molecule has 1 fully saturated rings. The maximum Gasteiger partial charge on any atom is 0.410 e. The molecule has 38 heavy (non-hydrogen) atoms. The Labute approximate surface area is 230 Å². The smallest absolute Gasteiger partial charge is 0.410 e. The molecule has 1 amide bonds. The molecule has 1 aliphatic rings. The van der Waals surface area contributed by atoms with Crippen molar-refractivity contribution in [2.24, 2.45) is 0 Å². The Kier molecular flexibility index (Phi) is 8.10. The van der Waals surface area contributed by atoms with E-state index in [1.807, 2.05) is 32.9 Å². The first-order valence-corrected chi connectivity index (χ1v) is 14.4. The summed E-state index contributed by atoms with van der Waals surface area (Å²) in [6, 6.07) is 11.3. The SMILES string of the molecule is CC(C)(C)OC(=O)N1CCC(c2cc(Cl)ccc2Oc2ccc(S(=O)(=O)Nc3ncns3)cc2C#N)CC1. The molecule has 0 saturated carbocycles. The summed E-state index contributed by atoms with van der Waals surface area (Å²) in [6.45, 7) is 6.53. The van der Waals surface area contributed by atoms with E-state index in [1.165, 1.54) is 24.5 Å². The molecule has 1 saturated heterocycles. The van der Waals surface area contributed by atoms with E-state index >= 15 is 0 Å². The molecule has 0 unspecified atom stereocenters. The number of halogens is 1. The molecule has 3 aromatic rings. The van der Waals surface area contributed by atoms with Crippen molar-refractivity contribution in [3.8, 4) is 17.6 Å². The summed E-state index contributed by atoms with van der Waals surface area (Å²) in [7, 11) is -3.97. The van der Waals surface area contributed by atoms with Gasteiger partial charge in [-0.25, -0.2) is 18.2 Å². The molecule has 1 aromatic heterocycles. The van der Waals surface area contributed by atoms with Crippen LogP contribution in [0.3, 0.4) is 0 Å². The number of benzene rings is 2. The zero-order valence-electron chi connectivity index (χ0n) is 21.0. The Morgan fingerprint density at radius 2 is 1.89 bits per heavy atom. The van der Waals surface area contributed by atoms with Crippen LogP contribution < -0.4 is 9.46 Å². The fourth-order valence-electron chi connectivity index (χ4n) is 3.99. The molecule has 10 nitrogen and oxygen atoms in total. The van der Waals surface area contributed by atoms with Crippen LogP contribution in [-0.4, -0.2) is 47.5 Å². The minimum absolute atomic E-state index is 0.0470. The van der Waals surface area contributed by atoms with Crippen LogP contribution in [-0.2, 0) is 14.8 Å². The molecule has 200 valence electrons. The topological polar surface area (TPSA) is 135 Å². The van der Waals surface area contributed by atoms with E-state index in [2.05, 4.69) is 14.1 Å². The van der Waals surface area contributed by atoms with E-state index in [4.69, 9.17) is 21.1 Å². The van der Waals surface area contributed by atoms with Gasteiger partial charge < -0.3 is 14.4 Å². The Morgan fingerprint density at radius 3 is 2.53 bits per heavy atom. The van der Waals surface area contributed by atoms with Gasteiger partial charge in [0.2, 0.25) is 5.13 Å². The molecule has 0 bridgehead atoms. The Hall–Kier alpha value is -3.40. The lowest BCUT2D eigenvalue weighted by Gasteiger charge is -2.34. The number of nitrogens with one attached hydrogen (secondary N) is 1. The maximum absolute atomic E-state index is 12.7. The van der Waals surface area contributed by atoms with E-state index < -0.39 is 15.6 Å². The van der Waals surface area contributed by atoms with Gasteiger partial charge in [-0.15, -0.1) is 0 Å². The molecular weight excluding hydrogens is 550 g/mol. The first-order chi connectivity index (χ1) is 17.9. The fraction of sp³-hybridized carbons (Fsp3) is 0.360. The average Bonchev–Trinajstić information content (AvgIpc) is 3.36. The van der Waals surface area contributed by atoms with Crippen molar-refractivity contribution in [3.05, 3.63) is 58.9 Å². The van der Waals surface area contributed by atoms with Crippen LogP contribution in [0.5, 0.6) is 11.5 Å². The predicted octanol–water partition coefficient (Wildman–Crippen LogP) is 5.77. The van der Waals surface area contributed by atoms with Crippen LogP contribution in [0.1, 0.15) is 50.7 Å². The summed E-state index contributed by atoms with van der Waals surface area (Å²) >= 11 is 7.20. The van der Waals surface area contributed by atoms with Crippen molar-refractivity contribution in [1.82, 2.24) is 14.3 Å². The van der Waals surface area contributed by atoms with Crippen molar-refractivity contribution < 1.29 is 22.7 Å². The number of amides is 1. The third-order valence-corrected chi connectivity index (χ3v) is 8.02. The van der Waals surface area contributed by atoms with Crippen molar-refractivity contribution in [1.29, 1.82) is 5.26 Å². The highest BCUT2D eigenvalue weighted by molar-refractivity contribution is 7.93. The van der Waals surface area contributed by atoms with Gasteiger partial charge in [0.25, 0.3) is 10.0 Å². The van der Waals surface area contributed by atoms with Crippen LogP contribution in [0, 0.1) is 11.3 Å². The molecule has 0 spiro atoms. The lowest BCUT2D eigenvalue weighted by molar-refractivity contribution is 0.0204. The zero-order chi connectivity index (χ0) is 27.5. The third kappa shape index (κ3) is 6.72. The molecule has 13 heteroatoms. The molecule has 2 heterocycles. The second-order valence-corrected chi connectivity index (χ2v) is 12.5. The van der Waals surface area contributed by atoms with Gasteiger partial charge in [0.1, 0.15) is 29.5 Å². The third-order valence-electron chi connectivity index (χ3n) is 5.74. The molecule has 1 N–H and O–H groups in total. The first kappa shape index (κ1) is 27.6. The summed E-state index contributed by atoms with van der Waals surface area (Å²) in [4.78, 5) is 17.9. The molecular formula is C25H26ClN5O5S2. The lowest BCUT2D eigenvalue weighted by atomic mass is 9.89. The number of likely N-dealkylation sites (tertiary alicyclic amines) is 1. The molecule has 2 aromatic carbocycles. The highest BCUT2D eigenvalue weighted by atomic mass is 35.5. The van der Waals surface area contributed by atoms with E-state index in [1.54, 1.807) is 17.0 Å². The van der Waals surface area contributed by atoms with Crippen LogP contribution in [0.4, 0.5) is 9.93 Å². The van der Waals surface area contributed by atoms with Crippen LogP contribution in [0.25, 0.3) is 0 Å². The van der Waals surface area contributed by atoms with Crippen molar-refractivity contribution >= 4 is 44.4 Å². The molecule has 4 rings (SSSR count).